The van der Waals surface area contributed by atoms with E-state index in [0.29, 0.717) is 29.4 Å². The summed E-state index contributed by atoms with van der Waals surface area (Å²) in [6.45, 7) is 1.50. The standard InChI is InChI=1S/C18H24N4O4/c1-24-16-7-6-13(9-17(16)25-2)20-18(23)21-14-10-19-22(11-14)12-15-5-3-4-8-26-15/h6-7,9-11,15H,3-5,8,12H2,1-2H3,(H2,20,21,23). The van der Waals surface area contributed by atoms with Gasteiger partial charge in [0.15, 0.2) is 11.5 Å². The molecule has 1 aromatic heterocycles. The Morgan fingerprint density at radius 2 is 2.04 bits per heavy atom. The Hall–Kier alpha value is -2.74. The van der Waals surface area contributed by atoms with Crippen LogP contribution in [-0.2, 0) is 11.3 Å². The highest BCUT2D eigenvalue weighted by Crippen LogP contribution is 2.29. The average Bonchev–Trinajstić information content (AvgIpc) is 3.09. The zero-order chi connectivity index (χ0) is 18.4. The molecule has 1 fully saturated rings. The van der Waals surface area contributed by atoms with Crippen molar-refractivity contribution in [1.82, 2.24) is 9.78 Å². The van der Waals surface area contributed by atoms with Gasteiger partial charge in [-0.2, -0.15) is 5.10 Å². The van der Waals surface area contributed by atoms with Gasteiger partial charge in [0.1, 0.15) is 0 Å². The van der Waals surface area contributed by atoms with Crippen LogP contribution in [0.1, 0.15) is 19.3 Å². The van der Waals surface area contributed by atoms with E-state index in [4.69, 9.17) is 14.2 Å². The topological polar surface area (TPSA) is 86.6 Å². The third-order valence-electron chi connectivity index (χ3n) is 4.20. The van der Waals surface area contributed by atoms with E-state index in [1.54, 1.807) is 49.5 Å². The van der Waals surface area contributed by atoms with Crippen LogP contribution >= 0.6 is 0 Å². The predicted molar refractivity (Wildman–Crippen MR) is 98.0 cm³/mol. The van der Waals surface area contributed by atoms with Gasteiger partial charge < -0.3 is 24.8 Å². The first-order valence-electron chi connectivity index (χ1n) is 8.62. The number of urea groups is 1. The van der Waals surface area contributed by atoms with E-state index in [0.717, 1.165) is 19.4 Å². The molecule has 1 atom stereocenters. The van der Waals surface area contributed by atoms with Crippen molar-refractivity contribution in [2.45, 2.75) is 31.9 Å². The number of nitrogens with one attached hydrogen (secondary N) is 2. The van der Waals surface area contributed by atoms with Crippen molar-refractivity contribution < 1.29 is 19.0 Å². The lowest BCUT2D eigenvalue weighted by atomic mass is 10.1. The molecule has 1 unspecified atom stereocenters. The molecule has 0 radical (unpaired) electrons. The first-order valence-corrected chi connectivity index (χ1v) is 8.62. The number of rotatable bonds is 6. The molecule has 2 amide bonds. The molecule has 3 rings (SSSR count). The summed E-state index contributed by atoms with van der Waals surface area (Å²) in [5.74, 6) is 1.15. The van der Waals surface area contributed by atoms with Crippen molar-refractivity contribution in [3.8, 4) is 11.5 Å². The van der Waals surface area contributed by atoms with Crippen LogP contribution in [0.2, 0.25) is 0 Å². The van der Waals surface area contributed by atoms with Crippen molar-refractivity contribution in [2.24, 2.45) is 0 Å². The number of anilines is 2. The van der Waals surface area contributed by atoms with Crippen LogP contribution in [-0.4, -0.2) is 42.7 Å². The molecular weight excluding hydrogens is 336 g/mol. The first kappa shape index (κ1) is 18.1. The van der Waals surface area contributed by atoms with E-state index >= 15 is 0 Å². The molecule has 0 bridgehead atoms. The van der Waals surface area contributed by atoms with E-state index in [9.17, 15) is 4.79 Å². The normalized spacial score (nSPS) is 16.8. The molecule has 0 spiro atoms. The number of carbonyl (C=O) groups is 1. The van der Waals surface area contributed by atoms with Gasteiger partial charge in [-0.25, -0.2) is 4.79 Å². The molecule has 1 saturated heterocycles. The van der Waals surface area contributed by atoms with Crippen LogP contribution in [0.3, 0.4) is 0 Å². The molecule has 8 nitrogen and oxygen atoms in total. The molecule has 0 saturated carbocycles. The summed E-state index contributed by atoms with van der Waals surface area (Å²) in [6.07, 6.45) is 6.96. The van der Waals surface area contributed by atoms with E-state index < -0.39 is 0 Å². The van der Waals surface area contributed by atoms with Crippen LogP contribution in [0.5, 0.6) is 11.5 Å². The van der Waals surface area contributed by atoms with Gasteiger partial charge in [-0.05, 0) is 31.4 Å². The molecule has 26 heavy (non-hydrogen) atoms. The Morgan fingerprint density at radius 3 is 2.77 bits per heavy atom. The van der Waals surface area contributed by atoms with Crippen LogP contribution in [0.25, 0.3) is 0 Å². The van der Waals surface area contributed by atoms with E-state index in [1.165, 1.54) is 6.42 Å². The zero-order valence-corrected chi connectivity index (χ0v) is 15.0. The molecule has 1 aliphatic rings. The summed E-state index contributed by atoms with van der Waals surface area (Å²) in [4.78, 5) is 12.2. The molecule has 140 valence electrons. The molecule has 2 N–H and O–H groups in total. The minimum Gasteiger partial charge on any atom is -0.493 e. The number of nitrogens with zero attached hydrogens (tertiary/aromatic N) is 2. The smallest absolute Gasteiger partial charge is 0.323 e. The van der Waals surface area contributed by atoms with Crippen molar-refractivity contribution in [3.63, 3.8) is 0 Å². The second-order valence-electron chi connectivity index (χ2n) is 6.09. The Bertz CT molecular complexity index is 741. The van der Waals surface area contributed by atoms with E-state index in [2.05, 4.69) is 15.7 Å². The number of hydrogen-bond acceptors (Lipinski definition) is 5. The lowest BCUT2D eigenvalue weighted by Gasteiger charge is -2.22. The highest BCUT2D eigenvalue weighted by molar-refractivity contribution is 5.99. The third kappa shape index (κ3) is 4.66. The average molecular weight is 360 g/mol. The van der Waals surface area contributed by atoms with Crippen LogP contribution in [0, 0.1) is 0 Å². The number of amides is 2. The lowest BCUT2D eigenvalue weighted by molar-refractivity contribution is 0.00401. The summed E-state index contributed by atoms with van der Waals surface area (Å²) in [6, 6.07) is 4.81. The van der Waals surface area contributed by atoms with Gasteiger partial charge in [0, 0.05) is 24.6 Å². The van der Waals surface area contributed by atoms with Gasteiger partial charge in [-0.15, -0.1) is 0 Å². The number of benzene rings is 1. The molecule has 0 aliphatic carbocycles. The third-order valence-corrected chi connectivity index (χ3v) is 4.20. The quantitative estimate of drug-likeness (QED) is 0.827. The number of ether oxygens (including phenoxy) is 3. The van der Waals surface area contributed by atoms with Gasteiger partial charge >= 0.3 is 6.03 Å². The summed E-state index contributed by atoms with van der Waals surface area (Å²) in [7, 11) is 3.11. The van der Waals surface area contributed by atoms with E-state index in [1.807, 2.05) is 0 Å². The van der Waals surface area contributed by atoms with Gasteiger partial charge in [0.05, 0.1) is 38.8 Å². The lowest BCUT2D eigenvalue weighted by Crippen LogP contribution is -2.24. The largest absolute Gasteiger partial charge is 0.493 e. The van der Waals surface area contributed by atoms with Gasteiger partial charge in [-0.3, -0.25) is 4.68 Å². The van der Waals surface area contributed by atoms with Gasteiger partial charge in [-0.1, -0.05) is 0 Å². The maximum absolute atomic E-state index is 12.2. The minimum atomic E-state index is -0.356. The van der Waals surface area contributed by atoms with Crippen molar-refractivity contribution in [3.05, 3.63) is 30.6 Å². The fourth-order valence-corrected chi connectivity index (χ4v) is 2.90. The molecule has 2 aromatic rings. The first-order chi connectivity index (χ1) is 12.7. The maximum atomic E-state index is 12.2. The van der Waals surface area contributed by atoms with Crippen LogP contribution < -0.4 is 20.1 Å². The Morgan fingerprint density at radius 1 is 1.23 bits per heavy atom. The monoisotopic (exact) mass is 360 g/mol. The maximum Gasteiger partial charge on any atom is 0.323 e. The summed E-state index contributed by atoms with van der Waals surface area (Å²) >= 11 is 0. The Kier molecular flexibility index (Phi) is 5.96. The SMILES string of the molecule is COc1ccc(NC(=O)Nc2cnn(CC3CCCCO3)c2)cc1OC. The molecule has 1 aromatic carbocycles. The second-order valence-corrected chi connectivity index (χ2v) is 6.09. The predicted octanol–water partition coefficient (Wildman–Crippen LogP) is 3.11. The summed E-state index contributed by atoms with van der Waals surface area (Å²) < 4.78 is 17.9. The fourth-order valence-electron chi connectivity index (χ4n) is 2.90. The van der Waals surface area contributed by atoms with Crippen molar-refractivity contribution in [1.29, 1.82) is 0 Å². The number of methoxy groups -OCH3 is 2. The Balaban J connectivity index is 1.55. The van der Waals surface area contributed by atoms with Crippen molar-refractivity contribution >= 4 is 17.4 Å². The van der Waals surface area contributed by atoms with Gasteiger partial charge in [0.2, 0.25) is 0 Å². The van der Waals surface area contributed by atoms with E-state index in [-0.39, 0.29) is 12.1 Å². The molecule has 8 heteroatoms. The number of carbonyl (C=O) groups excluding carboxylic acids is 1. The highest BCUT2D eigenvalue weighted by Gasteiger charge is 2.15. The minimum absolute atomic E-state index is 0.192. The van der Waals surface area contributed by atoms with Crippen molar-refractivity contribution in [2.75, 3.05) is 31.5 Å². The molecule has 2 heterocycles. The van der Waals surface area contributed by atoms with Crippen LogP contribution in [0.15, 0.2) is 30.6 Å². The molecular formula is C18H24N4O4. The highest BCUT2D eigenvalue weighted by atomic mass is 16.5. The van der Waals surface area contributed by atoms with Gasteiger partial charge in [0.25, 0.3) is 0 Å². The summed E-state index contributed by atoms with van der Waals surface area (Å²) in [5, 5.41) is 9.81. The fraction of sp³-hybridized carbons (Fsp3) is 0.444. The number of aromatic nitrogens is 2. The number of hydrogen-bond donors (Lipinski definition) is 2. The zero-order valence-electron chi connectivity index (χ0n) is 15.0. The second kappa shape index (κ2) is 8.57. The molecule has 1 aliphatic heterocycles. The Labute approximate surface area is 152 Å². The summed E-state index contributed by atoms with van der Waals surface area (Å²) in [5.41, 5.74) is 1.22. The van der Waals surface area contributed by atoms with Crippen LogP contribution in [0.4, 0.5) is 16.2 Å².